The maximum Gasteiger partial charge on any atom is 0.409 e. The molecule has 8 N–H and O–H groups in total. The van der Waals surface area contributed by atoms with Crippen LogP contribution in [0.25, 0.3) is 0 Å². The SMILES string of the molecule is COc1cc2cc(c1Cl)N(C)C(=O)C[C@H](OC(=O)[C@H](C)N(C)C(=O)c1ccc(NC(=O)[C@H](CCCNC(N)=O)NC(=O)[C@@H](NC(=O)CCCCCOC(C=O)(CBr)CBr)C(C)C)c(N3CCOCC3)c1)[C@]1(C)O[C@H]1[C@H](C)[C@@H]1C[C@@](O)(NC(=O)O1)[C@H](OC)/C=C/C=C(\C)C2. The molecule has 514 valence electrons. The summed E-state index contributed by atoms with van der Waals surface area (Å²) in [5.41, 5.74) is 3.77. The van der Waals surface area contributed by atoms with Crippen molar-refractivity contribution in [1.29, 1.82) is 0 Å². The second-order valence-corrected chi connectivity index (χ2v) is 26.0. The van der Waals surface area contributed by atoms with Crippen LogP contribution in [0.4, 0.5) is 26.7 Å². The Labute approximate surface area is 565 Å². The summed E-state index contributed by atoms with van der Waals surface area (Å²) < 4.78 is 41.2. The van der Waals surface area contributed by atoms with Gasteiger partial charge in [0, 0.05) is 82.4 Å². The summed E-state index contributed by atoms with van der Waals surface area (Å²) in [5.74, 6) is -4.42. The van der Waals surface area contributed by atoms with Gasteiger partial charge in [0.2, 0.25) is 23.6 Å². The number of esters is 1. The Morgan fingerprint density at radius 2 is 1.71 bits per heavy atom. The Morgan fingerprint density at radius 1 is 1.00 bits per heavy atom. The molecule has 6 rings (SSSR count). The van der Waals surface area contributed by atoms with Crippen molar-refractivity contribution < 1.29 is 81.4 Å². The fourth-order valence-electron chi connectivity index (χ4n) is 11.3. The van der Waals surface area contributed by atoms with Crippen LogP contribution in [0.1, 0.15) is 109 Å². The molecular formula is C64H90Br2ClN9O17. The van der Waals surface area contributed by atoms with Gasteiger partial charge >= 0.3 is 18.1 Å². The summed E-state index contributed by atoms with van der Waals surface area (Å²) in [5, 5.41) is 26.4. The van der Waals surface area contributed by atoms with E-state index in [9.17, 15) is 48.3 Å². The largest absolute Gasteiger partial charge is 0.495 e. The van der Waals surface area contributed by atoms with E-state index >= 15 is 0 Å². The second-order valence-electron chi connectivity index (χ2n) is 24.5. The fourth-order valence-corrected chi connectivity index (χ4v) is 13.1. The lowest BCUT2D eigenvalue weighted by molar-refractivity contribution is -0.158. The number of alkyl carbamates (subject to hydrolysis) is 1. The molecule has 2 aromatic rings. The van der Waals surface area contributed by atoms with Gasteiger partial charge in [-0.2, -0.15) is 0 Å². The number of morpholine rings is 1. The molecule has 0 saturated carbocycles. The third kappa shape index (κ3) is 19.9. The second kappa shape index (κ2) is 34.3. The first-order chi connectivity index (χ1) is 44.1. The first kappa shape index (κ1) is 75.6. The lowest BCUT2D eigenvalue weighted by Crippen LogP contribution is -2.63. The number of nitrogens with two attached hydrogens (primary N) is 1. The molecular weight excluding hydrogens is 1360 g/mol. The van der Waals surface area contributed by atoms with Crippen molar-refractivity contribution >= 4 is 114 Å². The summed E-state index contributed by atoms with van der Waals surface area (Å²) >= 11 is 13.5. The summed E-state index contributed by atoms with van der Waals surface area (Å²) in [6.45, 7) is 12.0. The number of amides is 8. The van der Waals surface area contributed by atoms with Crippen molar-refractivity contribution in [2.75, 3.05) is 93.5 Å². The Balaban J connectivity index is 1.23. The molecule has 26 nitrogen and oxygen atoms in total. The number of primary amides is 1. The van der Waals surface area contributed by atoms with Gasteiger partial charge in [0.1, 0.15) is 58.4 Å². The maximum atomic E-state index is 14.7. The van der Waals surface area contributed by atoms with Crippen LogP contribution in [-0.2, 0) is 63.6 Å². The van der Waals surface area contributed by atoms with Crippen LogP contribution in [0.5, 0.6) is 5.75 Å². The van der Waals surface area contributed by atoms with Crippen LogP contribution >= 0.6 is 43.5 Å². The number of allylic oxidation sites excluding steroid dienone is 3. The number of aldehydes is 1. The summed E-state index contributed by atoms with van der Waals surface area (Å²) in [4.78, 5) is 127. The first-order valence-electron chi connectivity index (χ1n) is 31.1. The molecule has 4 bridgehead atoms. The van der Waals surface area contributed by atoms with E-state index in [1.54, 1.807) is 58.0 Å². The van der Waals surface area contributed by atoms with Crippen molar-refractivity contribution in [3.8, 4) is 5.75 Å². The van der Waals surface area contributed by atoms with E-state index in [0.717, 1.165) is 17.4 Å². The van der Waals surface area contributed by atoms with Crippen molar-refractivity contribution in [1.82, 2.24) is 26.2 Å². The molecule has 8 amide bonds. The van der Waals surface area contributed by atoms with Gasteiger partial charge in [0.25, 0.3) is 5.91 Å². The van der Waals surface area contributed by atoms with Crippen LogP contribution in [-0.4, -0.2) is 202 Å². The Hall–Kier alpha value is -6.40. The van der Waals surface area contributed by atoms with Gasteiger partial charge in [-0.3, -0.25) is 29.3 Å². The van der Waals surface area contributed by atoms with E-state index in [0.29, 0.717) is 86.4 Å². The molecule has 4 heterocycles. The van der Waals surface area contributed by atoms with Crippen LogP contribution in [0.15, 0.2) is 54.1 Å². The van der Waals surface area contributed by atoms with Gasteiger partial charge in [0.15, 0.2) is 12.0 Å². The van der Waals surface area contributed by atoms with E-state index in [1.165, 1.54) is 57.2 Å². The standard InChI is InChI=1S/C64H90Br2ClN9O17/c1-37(2)54(72-51(78)19-12-11-13-25-90-63(34-65,35-66)36-77)57(81)71-44(17-15-22-69-60(68)84)56(80)70-43-21-20-42(31-45(43)76-23-26-89-27-24-76)58(82)74(7)40(5)59(83)92-50-32-52(79)75(8)46-29-41(30-47(87-9)53(46)67)28-38(3)16-14-18-49(88-10)64(86)33-48(91-61(85)73-64)39(4)55-62(50,6)93-55/h14,16,18,20-21,29-31,36-37,39-40,44,48-50,54-55,86H,11-13,15,17,19,22-28,32-35H2,1-10H3,(H,70,80)(H,71,81)(H,72,78)(H,73,85)(H3,68,69,84)/b18-14+,38-16+/t39-,40+,44+,48+,49-,50+,54+,55+,62+,64+/m1/s1. The van der Waals surface area contributed by atoms with Gasteiger partial charge in [-0.15, -0.1) is 0 Å². The van der Waals surface area contributed by atoms with E-state index in [2.05, 4.69) is 58.4 Å². The highest BCUT2D eigenvalue weighted by atomic mass is 79.9. The zero-order valence-electron chi connectivity index (χ0n) is 54.4. The van der Waals surface area contributed by atoms with E-state index in [-0.39, 0.29) is 54.4 Å². The highest BCUT2D eigenvalue weighted by molar-refractivity contribution is 9.10. The topological polar surface area (TPSA) is 338 Å². The predicted octanol–water partition coefficient (Wildman–Crippen LogP) is 5.98. The molecule has 3 saturated heterocycles. The monoisotopic (exact) mass is 1450 g/mol. The predicted molar refractivity (Wildman–Crippen MR) is 355 cm³/mol. The zero-order chi connectivity index (χ0) is 68.5. The summed E-state index contributed by atoms with van der Waals surface area (Å²) in [6, 6.07) is 3.80. The number of carbonyl (C=O) groups excluding carboxylic acids is 9. The minimum Gasteiger partial charge on any atom is -0.495 e. The van der Waals surface area contributed by atoms with E-state index < -0.39 is 119 Å². The minimum atomic E-state index is -1.92. The number of likely N-dealkylation sites (N-methyl/N-ethyl adjacent to an activating group) is 1. The molecule has 0 aromatic heterocycles. The normalized spacial score (nSPS) is 24.5. The number of halogens is 3. The quantitative estimate of drug-likeness (QED) is 0.0178. The number of carbonyl (C=O) groups is 9. The number of aliphatic hydroxyl groups is 1. The van der Waals surface area contributed by atoms with Crippen LogP contribution in [0, 0.1) is 11.8 Å². The van der Waals surface area contributed by atoms with Crippen molar-refractivity contribution in [2.24, 2.45) is 17.6 Å². The molecule has 0 aliphatic carbocycles. The number of benzene rings is 2. The molecule has 0 unspecified atom stereocenters. The third-order valence-electron chi connectivity index (χ3n) is 17.3. The molecule has 3 fully saturated rings. The number of unbranched alkanes of at least 4 members (excludes halogenated alkanes) is 2. The summed E-state index contributed by atoms with van der Waals surface area (Å²) in [6.07, 6.45) is 2.78. The molecule has 93 heavy (non-hydrogen) atoms. The van der Waals surface area contributed by atoms with Gasteiger partial charge in [-0.1, -0.05) is 94.5 Å². The first-order valence-corrected chi connectivity index (χ1v) is 33.7. The van der Waals surface area contributed by atoms with Gasteiger partial charge in [0.05, 0.1) is 49.9 Å². The van der Waals surface area contributed by atoms with Crippen molar-refractivity contribution in [3.63, 3.8) is 0 Å². The van der Waals surface area contributed by atoms with Crippen LogP contribution < -0.4 is 46.9 Å². The maximum absolute atomic E-state index is 14.7. The van der Waals surface area contributed by atoms with E-state index in [1.807, 2.05) is 17.9 Å². The Morgan fingerprint density at radius 3 is 2.35 bits per heavy atom. The number of urea groups is 1. The number of nitrogens with one attached hydrogen (secondary N) is 5. The molecule has 4 aliphatic rings. The third-order valence-corrected chi connectivity index (χ3v) is 19.6. The fraction of sp³-hybridized carbons (Fsp3) is 0.609. The Kier molecular flexibility index (Phi) is 27.9. The molecule has 0 spiro atoms. The molecule has 10 atom stereocenters. The number of methoxy groups -OCH3 is 2. The smallest absolute Gasteiger partial charge is 0.409 e. The molecule has 0 radical (unpaired) electrons. The van der Waals surface area contributed by atoms with Crippen molar-refractivity contribution in [3.05, 3.63) is 70.3 Å². The molecule has 2 aromatic carbocycles. The number of fused-ring (bicyclic) bond motifs is 5. The molecule has 4 aliphatic heterocycles. The van der Waals surface area contributed by atoms with Gasteiger partial charge < -0.3 is 84.8 Å². The number of nitrogens with zero attached hydrogens (tertiary/aromatic N) is 3. The highest BCUT2D eigenvalue weighted by Crippen LogP contribution is 2.49. The van der Waals surface area contributed by atoms with Crippen LogP contribution in [0.3, 0.4) is 0 Å². The Bertz CT molecular complexity index is 3080. The average molecular weight is 1450 g/mol. The number of alkyl halides is 2. The number of hydrogen-bond donors (Lipinski definition) is 7. The molecule has 29 heteroatoms. The number of rotatable bonds is 27. The summed E-state index contributed by atoms with van der Waals surface area (Å²) in [7, 11) is 5.81. The lowest BCUT2D eigenvalue weighted by atomic mass is 9.83. The lowest BCUT2D eigenvalue weighted by Gasteiger charge is -2.42. The number of hydrogen-bond acceptors (Lipinski definition) is 18. The zero-order valence-corrected chi connectivity index (χ0v) is 58.4. The average Bonchev–Trinajstić information content (AvgIpc) is 1.58. The van der Waals surface area contributed by atoms with E-state index in [4.69, 9.17) is 50.5 Å². The number of anilines is 3. The highest BCUT2D eigenvalue weighted by Gasteiger charge is 2.64. The van der Waals surface area contributed by atoms with Crippen molar-refractivity contribution in [2.45, 2.75) is 159 Å². The number of ether oxygens (including phenoxy) is 7. The number of epoxide rings is 1. The van der Waals surface area contributed by atoms with Gasteiger partial charge in [-0.25, -0.2) is 14.4 Å². The van der Waals surface area contributed by atoms with Crippen LogP contribution in [0.2, 0.25) is 5.02 Å². The minimum absolute atomic E-state index is 0.0353. The van der Waals surface area contributed by atoms with Gasteiger partial charge in [-0.05, 0) is 94.7 Å².